The first-order valence-corrected chi connectivity index (χ1v) is 7.00. The Bertz CT molecular complexity index is 415. The smallest absolute Gasteiger partial charge is 0.146 e. The molecule has 0 bridgehead atoms. The number of ether oxygens (including phenoxy) is 1. The van der Waals surface area contributed by atoms with Gasteiger partial charge >= 0.3 is 0 Å². The topological polar surface area (TPSA) is 24.5 Å². The lowest BCUT2D eigenvalue weighted by Crippen LogP contribution is -2.29. The van der Waals surface area contributed by atoms with Crippen LogP contribution in [0.3, 0.4) is 0 Å². The lowest BCUT2D eigenvalue weighted by Gasteiger charge is -2.31. The van der Waals surface area contributed by atoms with Gasteiger partial charge in [0.1, 0.15) is 12.4 Å². The SMILES string of the molecule is CN(Cc1cccc2c1OCCN2)CC1CCC1. The number of nitrogens with one attached hydrogen (secondary N) is 1. The van der Waals surface area contributed by atoms with Gasteiger partial charge in [-0.15, -0.1) is 0 Å². The Balaban J connectivity index is 1.67. The molecule has 3 nitrogen and oxygen atoms in total. The summed E-state index contributed by atoms with van der Waals surface area (Å²) in [6, 6.07) is 6.40. The van der Waals surface area contributed by atoms with Crippen molar-refractivity contribution in [2.45, 2.75) is 25.8 Å². The molecule has 1 saturated carbocycles. The van der Waals surface area contributed by atoms with Crippen LogP contribution in [0.15, 0.2) is 18.2 Å². The first-order valence-electron chi connectivity index (χ1n) is 7.00. The van der Waals surface area contributed by atoms with E-state index in [0.29, 0.717) is 0 Å². The molecule has 1 fully saturated rings. The van der Waals surface area contributed by atoms with Crippen LogP contribution in [-0.4, -0.2) is 31.6 Å². The van der Waals surface area contributed by atoms with Gasteiger partial charge in [-0.05, 0) is 31.9 Å². The number of para-hydroxylation sites is 1. The summed E-state index contributed by atoms with van der Waals surface area (Å²) >= 11 is 0. The Morgan fingerprint density at radius 3 is 3.06 bits per heavy atom. The molecular formula is C15H22N2O. The summed E-state index contributed by atoms with van der Waals surface area (Å²) in [5.74, 6) is 1.98. The molecule has 0 spiro atoms. The van der Waals surface area contributed by atoms with Crippen molar-refractivity contribution in [3.05, 3.63) is 23.8 Å². The van der Waals surface area contributed by atoms with Crippen molar-refractivity contribution in [2.24, 2.45) is 5.92 Å². The number of hydrogen-bond donors (Lipinski definition) is 1. The molecule has 0 saturated heterocycles. The minimum Gasteiger partial charge on any atom is -0.489 e. The average Bonchev–Trinajstić information content (AvgIpc) is 2.34. The Kier molecular flexibility index (Phi) is 3.41. The zero-order valence-electron chi connectivity index (χ0n) is 11.1. The molecule has 0 atom stereocenters. The van der Waals surface area contributed by atoms with Crippen molar-refractivity contribution in [2.75, 3.05) is 32.1 Å². The molecule has 0 aromatic heterocycles. The maximum Gasteiger partial charge on any atom is 0.146 e. The number of nitrogens with zero attached hydrogens (tertiary/aromatic N) is 1. The second kappa shape index (κ2) is 5.19. The molecule has 1 aliphatic carbocycles. The lowest BCUT2D eigenvalue weighted by atomic mass is 9.85. The molecule has 0 amide bonds. The van der Waals surface area contributed by atoms with Crippen LogP contribution in [0, 0.1) is 5.92 Å². The highest BCUT2D eigenvalue weighted by Crippen LogP contribution is 2.32. The molecule has 3 rings (SSSR count). The van der Waals surface area contributed by atoms with Gasteiger partial charge < -0.3 is 15.0 Å². The third-order valence-corrected chi connectivity index (χ3v) is 4.00. The van der Waals surface area contributed by atoms with Crippen molar-refractivity contribution in [3.63, 3.8) is 0 Å². The number of hydrogen-bond acceptors (Lipinski definition) is 3. The number of fused-ring (bicyclic) bond motifs is 1. The molecule has 1 aliphatic heterocycles. The summed E-state index contributed by atoms with van der Waals surface area (Å²) in [5, 5.41) is 3.40. The standard InChI is InChI=1S/C15H22N2O/c1-17(10-12-4-2-5-12)11-13-6-3-7-14-15(13)18-9-8-16-14/h3,6-7,12,16H,2,4-5,8-11H2,1H3. The normalized spacial score (nSPS) is 18.8. The Labute approximate surface area is 109 Å². The fourth-order valence-electron chi connectivity index (χ4n) is 2.83. The number of anilines is 1. The zero-order chi connectivity index (χ0) is 12.4. The van der Waals surface area contributed by atoms with Crippen LogP contribution in [0.25, 0.3) is 0 Å². The maximum atomic E-state index is 5.81. The summed E-state index contributed by atoms with van der Waals surface area (Å²) in [7, 11) is 2.22. The molecule has 2 aliphatic rings. The van der Waals surface area contributed by atoms with E-state index in [9.17, 15) is 0 Å². The van der Waals surface area contributed by atoms with Crippen molar-refractivity contribution < 1.29 is 4.74 Å². The molecule has 0 unspecified atom stereocenters. The van der Waals surface area contributed by atoms with Crippen molar-refractivity contribution in [1.82, 2.24) is 4.90 Å². The lowest BCUT2D eigenvalue weighted by molar-refractivity contribution is 0.198. The molecule has 18 heavy (non-hydrogen) atoms. The molecule has 0 radical (unpaired) electrons. The van der Waals surface area contributed by atoms with Gasteiger partial charge in [0.2, 0.25) is 0 Å². The van der Waals surface area contributed by atoms with Crippen LogP contribution < -0.4 is 10.1 Å². The molecule has 1 aromatic carbocycles. The van der Waals surface area contributed by atoms with Gasteiger partial charge in [0.05, 0.1) is 5.69 Å². The van der Waals surface area contributed by atoms with E-state index in [2.05, 4.69) is 35.5 Å². The molecule has 1 heterocycles. The van der Waals surface area contributed by atoms with E-state index >= 15 is 0 Å². The van der Waals surface area contributed by atoms with E-state index in [1.807, 2.05) is 0 Å². The number of benzene rings is 1. The van der Waals surface area contributed by atoms with Crippen LogP contribution in [-0.2, 0) is 6.54 Å². The van der Waals surface area contributed by atoms with Gasteiger partial charge in [-0.3, -0.25) is 0 Å². The van der Waals surface area contributed by atoms with E-state index < -0.39 is 0 Å². The van der Waals surface area contributed by atoms with E-state index in [4.69, 9.17) is 4.74 Å². The summed E-state index contributed by atoms with van der Waals surface area (Å²) in [6.07, 6.45) is 4.25. The minimum absolute atomic E-state index is 0.774. The summed E-state index contributed by atoms with van der Waals surface area (Å²) in [6.45, 7) is 3.89. The summed E-state index contributed by atoms with van der Waals surface area (Å²) in [4.78, 5) is 2.43. The van der Waals surface area contributed by atoms with Gasteiger partial charge in [0.15, 0.2) is 0 Å². The van der Waals surface area contributed by atoms with Crippen LogP contribution in [0.4, 0.5) is 5.69 Å². The summed E-state index contributed by atoms with van der Waals surface area (Å²) in [5.41, 5.74) is 2.46. The van der Waals surface area contributed by atoms with Crippen LogP contribution in [0.1, 0.15) is 24.8 Å². The van der Waals surface area contributed by atoms with Crippen LogP contribution in [0.5, 0.6) is 5.75 Å². The minimum atomic E-state index is 0.774. The fraction of sp³-hybridized carbons (Fsp3) is 0.600. The number of rotatable bonds is 4. The first-order chi connectivity index (χ1) is 8.83. The van der Waals surface area contributed by atoms with Gasteiger partial charge in [0, 0.05) is 25.2 Å². The highest BCUT2D eigenvalue weighted by atomic mass is 16.5. The van der Waals surface area contributed by atoms with E-state index in [-0.39, 0.29) is 0 Å². The molecule has 1 N–H and O–H groups in total. The molecule has 1 aromatic rings. The second-order valence-electron chi connectivity index (χ2n) is 5.56. The van der Waals surface area contributed by atoms with Crippen LogP contribution in [0.2, 0.25) is 0 Å². The Morgan fingerprint density at radius 2 is 2.28 bits per heavy atom. The highest BCUT2D eigenvalue weighted by molar-refractivity contribution is 5.61. The third kappa shape index (κ3) is 2.46. The van der Waals surface area contributed by atoms with Gasteiger partial charge in [-0.2, -0.15) is 0 Å². The predicted molar refractivity (Wildman–Crippen MR) is 74.1 cm³/mol. The quantitative estimate of drug-likeness (QED) is 0.884. The van der Waals surface area contributed by atoms with Crippen molar-refractivity contribution in [3.8, 4) is 5.75 Å². The van der Waals surface area contributed by atoms with Crippen molar-refractivity contribution >= 4 is 5.69 Å². The third-order valence-electron chi connectivity index (χ3n) is 4.00. The van der Waals surface area contributed by atoms with Gasteiger partial charge in [-0.1, -0.05) is 18.6 Å². The zero-order valence-corrected chi connectivity index (χ0v) is 11.1. The molecular weight excluding hydrogens is 224 g/mol. The maximum absolute atomic E-state index is 5.81. The van der Waals surface area contributed by atoms with Crippen LogP contribution >= 0.6 is 0 Å². The largest absolute Gasteiger partial charge is 0.489 e. The van der Waals surface area contributed by atoms with Crippen molar-refractivity contribution in [1.29, 1.82) is 0 Å². The van der Waals surface area contributed by atoms with Gasteiger partial charge in [0.25, 0.3) is 0 Å². The first kappa shape index (κ1) is 11.8. The predicted octanol–water partition coefficient (Wildman–Crippen LogP) is 2.72. The Morgan fingerprint density at radius 1 is 1.39 bits per heavy atom. The monoisotopic (exact) mass is 246 g/mol. The Hall–Kier alpha value is -1.22. The fourth-order valence-corrected chi connectivity index (χ4v) is 2.83. The highest BCUT2D eigenvalue weighted by Gasteiger charge is 2.20. The van der Waals surface area contributed by atoms with E-state index in [1.165, 1.54) is 31.4 Å². The summed E-state index contributed by atoms with van der Waals surface area (Å²) < 4.78 is 5.81. The average molecular weight is 246 g/mol. The van der Waals surface area contributed by atoms with Gasteiger partial charge in [-0.25, -0.2) is 0 Å². The van der Waals surface area contributed by atoms with E-state index in [1.54, 1.807) is 0 Å². The molecule has 3 heteroatoms. The van der Waals surface area contributed by atoms with E-state index in [0.717, 1.165) is 37.1 Å². The molecule has 98 valence electrons. The second-order valence-corrected chi connectivity index (χ2v) is 5.56.